The molecule has 32 heavy (non-hydrogen) atoms. The molecule has 3 rings (SSSR count). The second-order valence-electron chi connectivity index (χ2n) is 7.25. The third-order valence-electron chi connectivity index (χ3n) is 4.71. The monoisotopic (exact) mass is 489 g/mol. The number of unbranched alkanes of at least 4 members (excludes halogenated alkanes) is 3. The summed E-state index contributed by atoms with van der Waals surface area (Å²) in [5.41, 5.74) is 5.55. The Labute approximate surface area is 202 Å². The molecule has 1 aromatic heterocycles. The average Bonchev–Trinajstić information content (AvgIpc) is 3.21. The van der Waals surface area contributed by atoms with Gasteiger partial charge < -0.3 is 4.74 Å². The van der Waals surface area contributed by atoms with Crippen LogP contribution in [0.3, 0.4) is 0 Å². The predicted molar refractivity (Wildman–Crippen MR) is 133 cm³/mol. The highest BCUT2D eigenvalue weighted by molar-refractivity contribution is 7.09. The van der Waals surface area contributed by atoms with Crippen LogP contribution in [0.25, 0.3) is 11.3 Å². The van der Waals surface area contributed by atoms with Crippen LogP contribution in [0.4, 0.5) is 0 Å². The van der Waals surface area contributed by atoms with E-state index in [2.05, 4.69) is 22.4 Å². The molecule has 0 aliphatic carbocycles. The number of carbonyl (C=O) groups excluding carboxylic acids is 1. The van der Waals surface area contributed by atoms with Crippen molar-refractivity contribution in [3.8, 4) is 17.0 Å². The number of thiazole rings is 1. The van der Waals surface area contributed by atoms with E-state index >= 15 is 0 Å². The Morgan fingerprint density at radius 1 is 1.16 bits per heavy atom. The van der Waals surface area contributed by atoms with Gasteiger partial charge in [-0.1, -0.05) is 61.5 Å². The van der Waals surface area contributed by atoms with E-state index in [0.29, 0.717) is 33.5 Å². The van der Waals surface area contributed by atoms with Crippen LogP contribution in [-0.4, -0.2) is 23.7 Å². The van der Waals surface area contributed by atoms with Crippen LogP contribution in [0.1, 0.15) is 53.5 Å². The molecule has 0 aliphatic heterocycles. The van der Waals surface area contributed by atoms with E-state index in [1.807, 2.05) is 24.4 Å². The minimum atomic E-state index is -0.313. The van der Waals surface area contributed by atoms with Gasteiger partial charge in [-0.3, -0.25) is 4.79 Å². The molecule has 1 N–H and O–H groups in total. The molecule has 0 bridgehead atoms. The zero-order valence-electron chi connectivity index (χ0n) is 18.0. The van der Waals surface area contributed by atoms with Crippen molar-refractivity contribution in [3.63, 3.8) is 0 Å². The summed E-state index contributed by atoms with van der Waals surface area (Å²) in [6.07, 6.45) is 5.92. The number of aromatic nitrogens is 1. The Morgan fingerprint density at radius 3 is 2.50 bits per heavy atom. The van der Waals surface area contributed by atoms with Gasteiger partial charge in [0.15, 0.2) is 5.75 Å². The predicted octanol–water partition coefficient (Wildman–Crippen LogP) is 7.15. The molecule has 0 spiro atoms. The number of hydrazone groups is 1. The molecule has 2 aromatic carbocycles. The number of halogens is 2. The van der Waals surface area contributed by atoms with Gasteiger partial charge in [-0.15, -0.1) is 11.3 Å². The number of benzene rings is 2. The number of rotatable bonds is 10. The minimum absolute atomic E-state index is 0.313. The molecule has 8 heteroatoms. The van der Waals surface area contributed by atoms with Crippen molar-refractivity contribution in [3.05, 3.63) is 68.0 Å². The van der Waals surface area contributed by atoms with Crippen molar-refractivity contribution in [1.82, 2.24) is 10.4 Å². The van der Waals surface area contributed by atoms with Crippen LogP contribution in [0.15, 0.2) is 46.9 Å². The molecule has 0 atom stereocenters. The van der Waals surface area contributed by atoms with Gasteiger partial charge in [0.1, 0.15) is 0 Å². The number of carbonyl (C=O) groups is 1. The van der Waals surface area contributed by atoms with Crippen LogP contribution < -0.4 is 10.2 Å². The second-order valence-corrected chi connectivity index (χ2v) is 9.13. The molecule has 5 nitrogen and oxygen atoms in total. The molecule has 0 fully saturated rings. The molecule has 0 saturated carbocycles. The third kappa shape index (κ3) is 6.79. The number of aryl methyl sites for hydroxylation is 1. The van der Waals surface area contributed by atoms with Gasteiger partial charge in [0, 0.05) is 16.5 Å². The van der Waals surface area contributed by atoms with Gasteiger partial charge >= 0.3 is 0 Å². The highest BCUT2D eigenvalue weighted by Crippen LogP contribution is 2.34. The second kappa shape index (κ2) is 12.0. The maximum atomic E-state index is 12.4. The zero-order valence-corrected chi connectivity index (χ0v) is 20.4. The number of hydrogen-bond acceptors (Lipinski definition) is 5. The highest BCUT2D eigenvalue weighted by Gasteiger charge is 2.10. The molecular formula is C24H25Cl2N3O2S. The number of nitrogens with one attached hydrogen (secondary N) is 1. The first-order valence-corrected chi connectivity index (χ1v) is 12.1. The molecule has 1 heterocycles. The maximum Gasteiger partial charge on any atom is 0.271 e. The summed E-state index contributed by atoms with van der Waals surface area (Å²) in [5.74, 6) is 0.160. The lowest BCUT2D eigenvalue weighted by Crippen LogP contribution is -2.17. The van der Waals surface area contributed by atoms with E-state index in [9.17, 15) is 4.79 Å². The quantitative estimate of drug-likeness (QED) is 0.187. The highest BCUT2D eigenvalue weighted by atomic mass is 35.5. The molecule has 0 radical (unpaired) electrons. The van der Waals surface area contributed by atoms with Gasteiger partial charge in [-0.05, 0) is 43.2 Å². The molecule has 0 aliphatic rings. The van der Waals surface area contributed by atoms with Gasteiger partial charge in [0.25, 0.3) is 5.91 Å². The lowest BCUT2D eigenvalue weighted by atomic mass is 10.1. The first-order valence-electron chi connectivity index (χ1n) is 10.5. The lowest BCUT2D eigenvalue weighted by Gasteiger charge is -2.10. The fourth-order valence-electron chi connectivity index (χ4n) is 3.01. The minimum Gasteiger partial charge on any atom is -0.490 e. The first kappa shape index (κ1) is 24.2. The molecule has 0 saturated heterocycles. The normalized spacial score (nSPS) is 11.1. The van der Waals surface area contributed by atoms with E-state index in [4.69, 9.17) is 27.9 Å². The van der Waals surface area contributed by atoms with Gasteiger partial charge in [0.05, 0.1) is 33.6 Å². The van der Waals surface area contributed by atoms with E-state index in [0.717, 1.165) is 29.1 Å². The Hall–Kier alpha value is -2.41. The standard InChI is InChI=1S/C24H25Cl2N3O2S/c1-3-4-5-6-11-31-23-20(25)12-17(13-21(23)26)14-27-29-24(30)19-9-7-18(8-10-19)22-15-32-16(2)28-22/h7-10,12-15H,3-6,11H2,1-2H3,(H,29,30)/b27-14+. The molecular weight excluding hydrogens is 465 g/mol. The molecule has 0 unspecified atom stereocenters. The lowest BCUT2D eigenvalue weighted by molar-refractivity contribution is 0.0955. The van der Waals surface area contributed by atoms with Crippen LogP contribution in [0.5, 0.6) is 5.75 Å². The maximum absolute atomic E-state index is 12.4. The van der Waals surface area contributed by atoms with E-state index in [1.54, 1.807) is 35.6 Å². The van der Waals surface area contributed by atoms with Crippen molar-refractivity contribution in [2.24, 2.45) is 5.10 Å². The summed E-state index contributed by atoms with van der Waals surface area (Å²) in [5, 5.41) is 7.83. The zero-order chi connectivity index (χ0) is 22.9. The van der Waals surface area contributed by atoms with Crippen LogP contribution in [-0.2, 0) is 0 Å². The summed E-state index contributed by atoms with van der Waals surface area (Å²) >= 11 is 14.2. The topological polar surface area (TPSA) is 63.6 Å². The Balaban J connectivity index is 1.56. The molecule has 1 amide bonds. The molecule has 168 valence electrons. The average molecular weight is 490 g/mol. The Morgan fingerprint density at radius 2 is 1.88 bits per heavy atom. The van der Waals surface area contributed by atoms with Crippen LogP contribution in [0, 0.1) is 6.92 Å². The summed E-state index contributed by atoms with van der Waals surface area (Å²) in [4.78, 5) is 16.8. The summed E-state index contributed by atoms with van der Waals surface area (Å²) in [6, 6.07) is 10.6. The summed E-state index contributed by atoms with van der Waals surface area (Å²) in [6.45, 7) is 4.70. The fraction of sp³-hybridized carbons (Fsp3) is 0.292. The third-order valence-corrected chi connectivity index (χ3v) is 6.04. The van der Waals surface area contributed by atoms with Crippen molar-refractivity contribution in [2.45, 2.75) is 39.5 Å². The van der Waals surface area contributed by atoms with Crippen molar-refractivity contribution in [1.29, 1.82) is 0 Å². The van der Waals surface area contributed by atoms with E-state index in [1.165, 1.54) is 19.1 Å². The van der Waals surface area contributed by atoms with Gasteiger partial charge in [-0.2, -0.15) is 5.10 Å². The van der Waals surface area contributed by atoms with Gasteiger partial charge in [0.2, 0.25) is 0 Å². The Kier molecular flexibility index (Phi) is 9.09. The number of nitrogens with zero attached hydrogens (tertiary/aromatic N) is 2. The van der Waals surface area contributed by atoms with Crippen molar-refractivity contribution >= 4 is 46.7 Å². The van der Waals surface area contributed by atoms with Crippen molar-refractivity contribution < 1.29 is 9.53 Å². The van der Waals surface area contributed by atoms with Crippen LogP contribution >= 0.6 is 34.5 Å². The summed E-state index contributed by atoms with van der Waals surface area (Å²) in [7, 11) is 0. The smallest absolute Gasteiger partial charge is 0.271 e. The van der Waals surface area contributed by atoms with Crippen LogP contribution in [0.2, 0.25) is 10.0 Å². The van der Waals surface area contributed by atoms with E-state index in [-0.39, 0.29) is 5.91 Å². The Bertz CT molecular complexity index is 1060. The number of ether oxygens (including phenoxy) is 1. The SMILES string of the molecule is CCCCCCOc1c(Cl)cc(/C=N/NC(=O)c2ccc(-c3csc(C)n3)cc2)cc1Cl. The van der Waals surface area contributed by atoms with Crippen molar-refractivity contribution in [2.75, 3.05) is 6.61 Å². The summed E-state index contributed by atoms with van der Waals surface area (Å²) < 4.78 is 5.73. The first-order chi connectivity index (χ1) is 15.5. The van der Waals surface area contributed by atoms with E-state index < -0.39 is 0 Å². The fourth-order valence-corrected chi connectivity index (χ4v) is 4.25. The largest absolute Gasteiger partial charge is 0.490 e. The number of hydrogen-bond donors (Lipinski definition) is 1. The van der Waals surface area contributed by atoms with Gasteiger partial charge in [-0.25, -0.2) is 10.4 Å². The molecule has 3 aromatic rings. The number of amides is 1.